The topological polar surface area (TPSA) is 29.1 Å². The van der Waals surface area contributed by atoms with E-state index < -0.39 is 0 Å². The maximum absolute atomic E-state index is 12.6. The molecule has 2 rings (SSSR count). The molecule has 1 unspecified atom stereocenters. The molecule has 1 aliphatic rings. The van der Waals surface area contributed by atoms with Crippen molar-refractivity contribution in [1.29, 1.82) is 0 Å². The Balaban J connectivity index is 2.15. The SMILES string of the molecule is CCC1(C(=O)Cc2ccc(Br)cc2Cl)CCCNC1. The van der Waals surface area contributed by atoms with Crippen LogP contribution in [0.3, 0.4) is 0 Å². The van der Waals surface area contributed by atoms with Gasteiger partial charge in [-0.1, -0.05) is 40.5 Å². The summed E-state index contributed by atoms with van der Waals surface area (Å²) in [6.45, 7) is 3.93. The van der Waals surface area contributed by atoms with Crippen molar-refractivity contribution in [2.24, 2.45) is 5.41 Å². The van der Waals surface area contributed by atoms with Crippen molar-refractivity contribution in [2.45, 2.75) is 32.6 Å². The van der Waals surface area contributed by atoms with Gasteiger partial charge in [0.1, 0.15) is 5.78 Å². The molecule has 1 aromatic carbocycles. The lowest BCUT2D eigenvalue weighted by Crippen LogP contribution is -2.45. The fourth-order valence-corrected chi connectivity index (χ4v) is 3.47. The zero-order valence-corrected chi connectivity index (χ0v) is 13.5. The number of piperidine rings is 1. The second-order valence-electron chi connectivity index (χ2n) is 5.25. The molecule has 1 heterocycles. The Morgan fingerprint density at radius 2 is 2.32 bits per heavy atom. The summed E-state index contributed by atoms with van der Waals surface area (Å²) in [5, 5.41) is 4.02. The smallest absolute Gasteiger partial charge is 0.144 e. The zero-order valence-electron chi connectivity index (χ0n) is 11.1. The van der Waals surface area contributed by atoms with Crippen molar-refractivity contribution in [3.63, 3.8) is 0 Å². The Morgan fingerprint density at radius 3 is 2.89 bits per heavy atom. The molecule has 0 aliphatic carbocycles. The van der Waals surface area contributed by atoms with Crippen molar-refractivity contribution in [2.75, 3.05) is 13.1 Å². The van der Waals surface area contributed by atoms with Crippen LogP contribution < -0.4 is 5.32 Å². The molecule has 1 aromatic rings. The Kier molecular flexibility index (Phi) is 5.04. The van der Waals surface area contributed by atoms with Crippen LogP contribution in [0.4, 0.5) is 0 Å². The fraction of sp³-hybridized carbons (Fsp3) is 0.533. The average molecular weight is 345 g/mol. The van der Waals surface area contributed by atoms with Gasteiger partial charge < -0.3 is 5.32 Å². The maximum atomic E-state index is 12.6. The van der Waals surface area contributed by atoms with Gasteiger partial charge in [-0.3, -0.25) is 4.79 Å². The van der Waals surface area contributed by atoms with Gasteiger partial charge in [0.15, 0.2) is 0 Å². The molecular weight excluding hydrogens is 326 g/mol. The Morgan fingerprint density at radius 1 is 1.53 bits per heavy atom. The van der Waals surface area contributed by atoms with Crippen molar-refractivity contribution in [1.82, 2.24) is 5.32 Å². The quantitative estimate of drug-likeness (QED) is 0.894. The first-order valence-corrected chi connectivity index (χ1v) is 7.92. The summed E-state index contributed by atoms with van der Waals surface area (Å²) in [4.78, 5) is 12.6. The lowest BCUT2D eigenvalue weighted by molar-refractivity contribution is -0.129. The average Bonchev–Trinajstić information content (AvgIpc) is 2.42. The molecule has 0 amide bonds. The first-order valence-electron chi connectivity index (χ1n) is 6.75. The summed E-state index contributed by atoms with van der Waals surface area (Å²) in [6, 6.07) is 5.72. The van der Waals surface area contributed by atoms with Gasteiger partial charge in [0, 0.05) is 27.9 Å². The van der Waals surface area contributed by atoms with Crippen LogP contribution in [0.2, 0.25) is 5.02 Å². The summed E-state index contributed by atoms with van der Waals surface area (Å²) in [5.74, 6) is 0.312. The number of carbonyl (C=O) groups excluding carboxylic acids is 1. The number of ketones is 1. The summed E-state index contributed by atoms with van der Waals surface area (Å²) >= 11 is 9.59. The maximum Gasteiger partial charge on any atom is 0.144 e. The molecule has 1 saturated heterocycles. The summed E-state index contributed by atoms with van der Waals surface area (Å²) in [7, 11) is 0. The number of halogens is 2. The van der Waals surface area contributed by atoms with Crippen LogP contribution >= 0.6 is 27.5 Å². The molecular formula is C15H19BrClNO. The largest absolute Gasteiger partial charge is 0.316 e. The van der Waals surface area contributed by atoms with Crippen LogP contribution in [-0.2, 0) is 11.2 Å². The molecule has 0 radical (unpaired) electrons. The van der Waals surface area contributed by atoms with Crippen LogP contribution in [0.15, 0.2) is 22.7 Å². The highest BCUT2D eigenvalue weighted by Crippen LogP contribution is 2.33. The number of rotatable bonds is 4. The third-order valence-electron chi connectivity index (χ3n) is 4.11. The normalized spacial score (nSPS) is 23.3. The minimum Gasteiger partial charge on any atom is -0.316 e. The van der Waals surface area contributed by atoms with Gasteiger partial charge in [-0.05, 0) is 43.5 Å². The molecule has 2 nitrogen and oxygen atoms in total. The van der Waals surface area contributed by atoms with Crippen LogP contribution in [0.5, 0.6) is 0 Å². The highest BCUT2D eigenvalue weighted by molar-refractivity contribution is 9.10. The Hall–Kier alpha value is -0.380. The summed E-state index contributed by atoms with van der Waals surface area (Å²) < 4.78 is 0.943. The van der Waals surface area contributed by atoms with Crippen LogP contribution in [0.25, 0.3) is 0 Å². The monoisotopic (exact) mass is 343 g/mol. The van der Waals surface area contributed by atoms with E-state index >= 15 is 0 Å². The third-order valence-corrected chi connectivity index (χ3v) is 4.95. The molecule has 4 heteroatoms. The molecule has 0 saturated carbocycles. The van der Waals surface area contributed by atoms with Crippen molar-refractivity contribution in [3.8, 4) is 0 Å². The van der Waals surface area contributed by atoms with E-state index in [0.29, 0.717) is 17.2 Å². The van der Waals surface area contributed by atoms with E-state index in [4.69, 9.17) is 11.6 Å². The van der Waals surface area contributed by atoms with E-state index in [0.717, 1.165) is 42.4 Å². The van der Waals surface area contributed by atoms with E-state index in [1.807, 2.05) is 18.2 Å². The van der Waals surface area contributed by atoms with Crippen LogP contribution in [0, 0.1) is 5.41 Å². The zero-order chi connectivity index (χ0) is 13.9. The van der Waals surface area contributed by atoms with Crippen molar-refractivity contribution < 1.29 is 4.79 Å². The standard InChI is InChI=1S/C15H19BrClNO/c1-2-15(6-3-7-18-10-15)14(19)8-11-4-5-12(16)9-13(11)17/h4-5,9,18H,2-3,6-8,10H2,1H3. The predicted octanol–water partition coefficient (Wildman–Crippen LogP) is 3.99. The highest BCUT2D eigenvalue weighted by Gasteiger charge is 2.37. The lowest BCUT2D eigenvalue weighted by Gasteiger charge is -2.35. The minimum absolute atomic E-state index is 0.200. The van der Waals surface area contributed by atoms with Crippen molar-refractivity contribution >= 4 is 33.3 Å². The predicted molar refractivity (Wildman–Crippen MR) is 82.7 cm³/mol. The second-order valence-corrected chi connectivity index (χ2v) is 6.57. The second kappa shape index (κ2) is 6.38. The third kappa shape index (κ3) is 3.39. The fourth-order valence-electron chi connectivity index (χ4n) is 2.73. The van der Waals surface area contributed by atoms with Gasteiger partial charge in [-0.25, -0.2) is 0 Å². The minimum atomic E-state index is -0.200. The van der Waals surface area contributed by atoms with E-state index in [9.17, 15) is 4.79 Å². The van der Waals surface area contributed by atoms with Gasteiger partial charge in [-0.2, -0.15) is 0 Å². The summed E-state index contributed by atoms with van der Waals surface area (Å²) in [6.07, 6.45) is 3.39. The molecule has 1 N–H and O–H groups in total. The van der Waals surface area contributed by atoms with E-state index in [2.05, 4.69) is 28.2 Å². The first kappa shape index (κ1) is 15.0. The summed E-state index contributed by atoms with van der Waals surface area (Å²) in [5.41, 5.74) is 0.725. The number of benzene rings is 1. The molecule has 0 aromatic heterocycles. The molecule has 0 bridgehead atoms. The van der Waals surface area contributed by atoms with Crippen LogP contribution in [0.1, 0.15) is 31.7 Å². The van der Waals surface area contributed by atoms with Crippen molar-refractivity contribution in [3.05, 3.63) is 33.3 Å². The van der Waals surface area contributed by atoms with Gasteiger partial charge in [0.25, 0.3) is 0 Å². The van der Waals surface area contributed by atoms with Gasteiger partial charge in [0.2, 0.25) is 0 Å². The number of hydrogen-bond acceptors (Lipinski definition) is 2. The lowest BCUT2D eigenvalue weighted by atomic mass is 9.73. The van der Waals surface area contributed by atoms with E-state index in [-0.39, 0.29) is 5.41 Å². The molecule has 19 heavy (non-hydrogen) atoms. The first-order chi connectivity index (χ1) is 9.07. The number of Topliss-reactive ketones (excluding diaryl/α,β-unsaturated/α-hetero) is 1. The van der Waals surface area contributed by atoms with E-state index in [1.54, 1.807) is 0 Å². The Bertz CT molecular complexity index is 469. The van der Waals surface area contributed by atoms with Gasteiger partial charge >= 0.3 is 0 Å². The van der Waals surface area contributed by atoms with E-state index in [1.165, 1.54) is 0 Å². The molecule has 0 spiro atoms. The number of carbonyl (C=O) groups is 1. The molecule has 1 aliphatic heterocycles. The number of hydrogen-bond donors (Lipinski definition) is 1. The van der Waals surface area contributed by atoms with Crippen LogP contribution in [-0.4, -0.2) is 18.9 Å². The molecule has 1 fully saturated rings. The molecule has 1 atom stereocenters. The van der Waals surface area contributed by atoms with Gasteiger partial charge in [-0.15, -0.1) is 0 Å². The van der Waals surface area contributed by atoms with Gasteiger partial charge in [0.05, 0.1) is 0 Å². The highest BCUT2D eigenvalue weighted by atomic mass is 79.9. The number of nitrogens with one attached hydrogen (secondary N) is 1. The molecule has 104 valence electrons. The Labute approximate surface area is 128 Å².